The zero-order chi connectivity index (χ0) is 29.8. The van der Waals surface area contributed by atoms with E-state index in [1.54, 1.807) is 13.8 Å². The monoisotopic (exact) mass is 584 g/mol. The molecule has 0 bridgehead atoms. The Hall–Kier alpha value is -0.740. The average molecular weight is 585 g/mol. The highest BCUT2D eigenvalue weighted by Crippen LogP contribution is 2.69. The molecule has 0 aliphatic heterocycles. The minimum Gasteiger partial charge on any atom is -0.748 e. The van der Waals surface area contributed by atoms with Crippen LogP contribution in [0.3, 0.4) is 0 Å². The Bertz CT molecular complexity index is 1020. The number of nitrogens with one attached hydrogen (secondary N) is 1. The first-order chi connectivity index (χ1) is 18.5. The van der Waals surface area contributed by atoms with Crippen molar-refractivity contribution in [3.63, 3.8) is 0 Å². The fraction of sp³-hybridized carbons (Fsp3) is 0.968. The van der Waals surface area contributed by atoms with Gasteiger partial charge >= 0.3 is 0 Å². The van der Waals surface area contributed by atoms with Crippen molar-refractivity contribution in [1.29, 1.82) is 0 Å². The molecule has 4 rings (SSSR count). The summed E-state index contributed by atoms with van der Waals surface area (Å²) in [6, 6.07) is -0.707. The van der Waals surface area contributed by atoms with Crippen LogP contribution in [0.5, 0.6) is 0 Å². The van der Waals surface area contributed by atoms with E-state index in [2.05, 4.69) is 33.0 Å². The van der Waals surface area contributed by atoms with Crippen molar-refractivity contribution in [2.24, 2.45) is 58.2 Å². The second-order valence-electron chi connectivity index (χ2n) is 14.9. The van der Waals surface area contributed by atoms with E-state index in [0.29, 0.717) is 12.8 Å². The summed E-state index contributed by atoms with van der Waals surface area (Å²) in [6.45, 7) is 12.5. The molecule has 4 N–H and O–H groups in total. The first-order valence-electron chi connectivity index (χ1n) is 15.8. The number of hydrogen-bond acceptors (Lipinski definition) is 7. The van der Waals surface area contributed by atoms with Gasteiger partial charge in [0.05, 0.1) is 34.2 Å². The van der Waals surface area contributed by atoms with Crippen LogP contribution in [-0.2, 0) is 14.9 Å². The molecule has 0 heterocycles. The smallest absolute Gasteiger partial charge is 0.220 e. The summed E-state index contributed by atoms with van der Waals surface area (Å²) < 4.78 is 33.9. The number of carbonyl (C=O) groups is 1. The average Bonchev–Trinajstić information content (AvgIpc) is 3.22. The number of aliphatic hydroxyl groups is 3. The van der Waals surface area contributed by atoms with E-state index in [1.807, 2.05) is 0 Å². The molecule has 0 spiro atoms. The number of hydrogen-bond donors (Lipinski definition) is 4. The summed E-state index contributed by atoms with van der Waals surface area (Å²) >= 11 is 0. The fourth-order valence-electron chi connectivity index (χ4n) is 10.3. The predicted octanol–water partition coefficient (Wildman–Crippen LogP) is 3.69. The lowest BCUT2D eigenvalue weighted by Crippen LogP contribution is -2.65. The molecule has 4 saturated carbocycles. The van der Waals surface area contributed by atoms with Crippen molar-refractivity contribution >= 4 is 16.0 Å². The van der Waals surface area contributed by atoms with Gasteiger partial charge in [-0.2, -0.15) is 0 Å². The fourth-order valence-corrected chi connectivity index (χ4v) is 11.3. The molecule has 4 aliphatic rings. The zero-order valence-electron chi connectivity index (χ0n) is 25.4. The van der Waals surface area contributed by atoms with E-state index in [0.717, 1.165) is 38.5 Å². The topological polar surface area (TPSA) is 147 Å². The van der Waals surface area contributed by atoms with Gasteiger partial charge in [0, 0.05) is 12.5 Å². The van der Waals surface area contributed by atoms with E-state index in [-0.39, 0.29) is 76.6 Å². The Morgan fingerprint density at radius 3 is 2.30 bits per heavy atom. The summed E-state index contributed by atoms with van der Waals surface area (Å²) in [5.41, 5.74) is -0.330. The van der Waals surface area contributed by atoms with Crippen LogP contribution in [0.15, 0.2) is 0 Å². The van der Waals surface area contributed by atoms with Gasteiger partial charge < -0.3 is 25.2 Å². The van der Waals surface area contributed by atoms with E-state index in [1.165, 1.54) is 0 Å². The first kappa shape index (κ1) is 32.2. The van der Waals surface area contributed by atoms with Crippen LogP contribution in [0.2, 0.25) is 0 Å². The largest absolute Gasteiger partial charge is 0.748 e. The summed E-state index contributed by atoms with van der Waals surface area (Å²) in [5, 5.41) is 37.0. The van der Waals surface area contributed by atoms with Gasteiger partial charge in [0.1, 0.15) is 0 Å². The Kier molecular flexibility index (Phi) is 9.45. The van der Waals surface area contributed by atoms with Crippen LogP contribution in [0.4, 0.5) is 0 Å². The Balaban J connectivity index is 1.48. The van der Waals surface area contributed by atoms with Crippen LogP contribution < -0.4 is 5.32 Å². The van der Waals surface area contributed by atoms with Crippen LogP contribution in [-0.4, -0.2) is 64.3 Å². The molecular weight excluding hydrogens is 530 g/mol. The van der Waals surface area contributed by atoms with Gasteiger partial charge in [-0.15, -0.1) is 0 Å². The molecule has 0 aromatic heterocycles. The summed E-state index contributed by atoms with van der Waals surface area (Å²) in [4.78, 5) is 12.8. The molecule has 0 aromatic carbocycles. The summed E-state index contributed by atoms with van der Waals surface area (Å²) in [6.07, 6.45) is 5.61. The first-order valence-corrected chi connectivity index (χ1v) is 17.4. The molecule has 0 radical (unpaired) electrons. The second-order valence-corrected chi connectivity index (χ2v) is 16.3. The molecule has 13 atom stereocenters. The van der Waals surface area contributed by atoms with Crippen molar-refractivity contribution in [3.8, 4) is 0 Å². The van der Waals surface area contributed by atoms with E-state index in [4.69, 9.17) is 0 Å². The normalized spacial score (nSPS) is 44.8. The van der Waals surface area contributed by atoms with Gasteiger partial charge in [-0.25, -0.2) is 8.42 Å². The van der Waals surface area contributed by atoms with Gasteiger partial charge in [-0.3, -0.25) is 4.79 Å². The van der Waals surface area contributed by atoms with Crippen molar-refractivity contribution < 1.29 is 33.1 Å². The maximum Gasteiger partial charge on any atom is 0.220 e. The van der Waals surface area contributed by atoms with E-state index in [9.17, 15) is 33.1 Å². The summed E-state index contributed by atoms with van der Waals surface area (Å²) in [7, 11) is -4.45. The molecule has 0 unspecified atom stereocenters. The molecule has 232 valence electrons. The van der Waals surface area contributed by atoms with Crippen molar-refractivity contribution in [3.05, 3.63) is 0 Å². The number of amides is 1. The minimum atomic E-state index is -4.45. The quantitative estimate of drug-likeness (QED) is 0.302. The number of rotatable bonds is 9. The molecular formula is C31H54NO7S-. The van der Waals surface area contributed by atoms with E-state index < -0.39 is 34.1 Å². The van der Waals surface area contributed by atoms with Crippen molar-refractivity contribution in [1.82, 2.24) is 5.32 Å². The molecule has 9 heteroatoms. The third-order valence-corrected chi connectivity index (χ3v) is 13.4. The molecule has 4 fully saturated rings. The van der Waals surface area contributed by atoms with Crippen LogP contribution >= 0.6 is 0 Å². The Labute approximate surface area is 241 Å². The second kappa shape index (κ2) is 11.7. The highest BCUT2D eigenvalue weighted by Gasteiger charge is 2.67. The number of carbonyl (C=O) groups excluding carboxylic acids is 1. The number of aliphatic hydroxyl groups excluding tert-OH is 3. The third-order valence-electron chi connectivity index (χ3n) is 12.6. The number of fused-ring (bicyclic) bond motifs is 5. The molecule has 4 aliphatic carbocycles. The molecule has 1 amide bonds. The van der Waals surface area contributed by atoms with Crippen LogP contribution in [0, 0.1) is 58.2 Å². The van der Waals surface area contributed by atoms with Crippen LogP contribution in [0.1, 0.15) is 99.3 Å². The highest BCUT2D eigenvalue weighted by molar-refractivity contribution is 7.85. The van der Waals surface area contributed by atoms with Crippen LogP contribution in [0.25, 0.3) is 0 Å². The van der Waals surface area contributed by atoms with Gasteiger partial charge in [0.25, 0.3) is 0 Å². The predicted molar refractivity (Wildman–Crippen MR) is 153 cm³/mol. The van der Waals surface area contributed by atoms with E-state index >= 15 is 0 Å². The van der Waals surface area contributed by atoms with Crippen molar-refractivity contribution in [2.45, 2.75) is 124 Å². The zero-order valence-corrected chi connectivity index (χ0v) is 26.2. The maximum absolute atomic E-state index is 12.8. The molecule has 0 aromatic rings. The molecule has 40 heavy (non-hydrogen) atoms. The summed E-state index contributed by atoms with van der Waals surface area (Å²) in [5.74, 6) is 0.378. The van der Waals surface area contributed by atoms with Gasteiger partial charge in [-0.1, -0.05) is 48.0 Å². The maximum atomic E-state index is 12.8. The minimum absolute atomic E-state index is 0.0123. The van der Waals surface area contributed by atoms with Gasteiger partial charge in [0.2, 0.25) is 5.91 Å². The highest BCUT2D eigenvalue weighted by atomic mass is 32.2. The lowest BCUT2D eigenvalue weighted by molar-refractivity contribution is -0.228. The Morgan fingerprint density at radius 1 is 1.02 bits per heavy atom. The van der Waals surface area contributed by atoms with Gasteiger partial charge in [0.15, 0.2) is 0 Å². The lowest BCUT2D eigenvalue weighted by atomic mass is 9.41. The van der Waals surface area contributed by atoms with Gasteiger partial charge in [-0.05, 0) is 103 Å². The van der Waals surface area contributed by atoms with Crippen molar-refractivity contribution in [2.75, 3.05) is 5.75 Å². The standard InChI is InChI=1S/C31H55NO7S/c1-7-20-23-14-19(33)12-13-30(23,5)24-15-26(34)31(6)21(9-10-22(31)28(24)29(20)36)18(4)8-11-27(35)32-25(17(2)3)16-40(37,38)39/h17-26,28-29,33-34,36H,7-16H2,1-6H3,(H,32,35)(H,37,38,39)/p-1/t18-,19-,20-,21-,22+,23+,24+,25-,26+,28+,29-,30+,31-/m1/s1. The Morgan fingerprint density at radius 2 is 1.70 bits per heavy atom. The lowest BCUT2D eigenvalue weighted by Gasteiger charge is -2.65. The molecule has 0 saturated heterocycles. The third kappa shape index (κ3) is 5.76. The molecule has 8 nitrogen and oxygen atoms in total. The SMILES string of the molecule is CC[C@H]1[C@@H](O)[C@@H]2[C@H](C[C@H](O)[C@]3(C)[C@@H]([C@H](C)CCC(=O)N[C@H](CS(=O)(=O)[O-])C(C)C)CC[C@@H]23)[C@@]2(C)CC[C@@H](O)C[C@@H]12.